The van der Waals surface area contributed by atoms with Gasteiger partial charge in [0.2, 0.25) is 0 Å². The Morgan fingerprint density at radius 1 is 1.23 bits per heavy atom. The average Bonchev–Trinajstić information content (AvgIpc) is 2.43. The molecule has 0 aliphatic carbocycles. The third-order valence-corrected chi connectivity index (χ3v) is 3.75. The number of hydrogen-bond acceptors (Lipinski definition) is 5. The molecule has 1 saturated heterocycles. The van der Waals surface area contributed by atoms with E-state index in [1.165, 1.54) is 12.1 Å². The summed E-state index contributed by atoms with van der Waals surface area (Å²) in [6.07, 6.45) is 1.09. The fourth-order valence-electron chi connectivity index (χ4n) is 2.86. The number of ether oxygens (including phenoxy) is 1. The topological polar surface area (TPSA) is 87.1 Å². The highest BCUT2D eigenvalue weighted by Crippen LogP contribution is 2.24. The molecule has 2 atom stereocenters. The normalized spacial score (nSPS) is 21.5. The molecule has 2 N–H and O–H groups in total. The molecular weight excluding hydrogens is 286 g/mol. The molecule has 1 aliphatic heterocycles. The first-order valence-electron chi connectivity index (χ1n) is 7.33. The minimum Gasteiger partial charge on any atom is -0.508 e. The van der Waals surface area contributed by atoms with E-state index >= 15 is 0 Å². The first-order valence-corrected chi connectivity index (χ1v) is 7.33. The van der Waals surface area contributed by atoms with Gasteiger partial charge >= 0.3 is 5.97 Å². The molecule has 1 aromatic carbocycles. The Kier molecular flexibility index (Phi) is 4.90. The molecule has 0 saturated carbocycles. The molecule has 1 amide bonds. The summed E-state index contributed by atoms with van der Waals surface area (Å²) < 4.78 is 4.96. The van der Waals surface area contributed by atoms with Gasteiger partial charge in [-0.05, 0) is 30.4 Å². The largest absolute Gasteiger partial charge is 0.508 e. The lowest BCUT2D eigenvalue weighted by Gasteiger charge is -2.34. The van der Waals surface area contributed by atoms with Gasteiger partial charge in [-0.1, -0.05) is 13.8 Å². The first kappa shape index (κ1) is 16.1. The number of phenols is 2. The van der Waals surface area contributed by atoms with Crippen LogP contribution in [-0.4, -0.2) is 46.7 Å². The van der Waals surface area contributed by atoms with Gasteiger partial charge in [0.05, 0.1) is 0 Å². The van der Waals surface area contributed by atoms with Gasteiger partial charge in [-0.3, -0.25) is 4.79 Å². The number of nitrogens with zero attached hydrogens (tertiary/aromatic N) is 1. The maximum atomic E-state index is 12.1. The zero-order valence-electron chi connectivity index (χ0n) is 12.8. The van der Waals surface area contributed by atoms with Crippen LogP contribution in [0.5, 0.6) is 11.5 Å². The van der Waals surface area contributed by atoms with Crippen molar-refractivity contribution in [3.63, 3.8) is 0 Å². The van der Waals surface area contributed by atoms with E-state index in [1.54, 1.807) is 4.90 Å². The van der Waals surface area contributed by atoms with Gasteiger partial charge in [0, 0.05) is 19.2 Å². The summed E-state index contributed by atoms with van der Waals surface area (Å²) in [6.45, 7) is 5.18. The summed E-state index contributed by atoms with van der Waals surface area (Å²) in [5.74, 6) is -0.679. The fourth-order valence-corrected chi connectivity index (χ4v) is 2.86. The van der Waals surface area contributed by atoms with Crippen LogP contribution in [-0.2, 0) is 9.53 Å². The van der Waals surface area contributed by atoms with Crippen LogP contribution < -0.4 is 0 Å². The van der Waals surface area contributed by atoms with Crippen LogP contribution in [0, 0.1) is 11.8 Å². The van der Waals surface area contributed by atoms with Gasteiger partial charge in [0.25, 0.3) is 5.91 Å². The number of esters is 1. The lowest BCUT2D eigenvalue weighted by Crippen LogP contribution is -2.44. The van der Waals surface area contributed by atoms with E-state index in [0.717, 1.165) is 12.5 Å². The van der Waals surface area contributed by atoms with Gasteiger partial charge in [0.1, 0.15) is 17.1 Å². The quantitative estimate of drug-likeness (QED) is 0.831. The number of hydrogen-bond donors (Lipinski definition) is 2. The fraction of sp³-hybridized carbons (Fsp3) is 0.500. The number of phenolic OH excluding ortho intramolecular Hbond substituents is 2. The molecule has 2 rings (SSSR count). The van der Waals surface area contributed by atoms with E-state index in [2.05, 4.69) is 13.8 Å². The van der Waals surface area contributed by atoms with E-state index in [9.17, 15) is 19.8 Å². The smallest absolute Gasteiger partial charge is 0.342 e. The lowest BCUT2D eigenvalue weighted by molar-refractivity contribution is -0.137. The molecule has 120 valence electrons. The second kappa shape index (κ2) is 6.68. The van der Waals surface area contributed by atoms with Crippen molar-refractivity contribution >= 4 is 11.9 Å². The molecule has 1 heterocycles. The van der Waals surface area contributed by atoms with Crippen molar-refractivity contribution in [2.24, 2.45) is 11.8 Å². The Morgan fingerprint density at radius 3 is 2.45 bits per heavy atom. The highest BCUT2D eigenvalue weighted by atomic mass is 16.5. The van der Waals surface area contributed by atoms with Gasteiger partial charge in [-0.2, -0.15) is 0 Å². The molecule has 22 heavy (non-hydrogen) atoms. The van der Waals surface area contributed by atoms with Crippen molar-refractivity contribution in [2.45, 2.75) is 20.3 Å². The molecular formula is C16H21NO5. The van der Waals surface area contributed by atoms with Crippen LogP contribution in [0.1, 0.15) is 30.6 Å². The second-order valence-corrected chi connectivity index (χ2v) is 6.02. The Bertz CT molecular complexity index is 562. The lowest BCUT2D eigenvalue weighted by atomic mass is 9.92. The summed E-state index contributed by atoms with van der Waals surface area (Å²) in [5.41, 5.74) is -0.0778. The SMILES string of the molecule is C[C@H]1C[C@H](C)CN(C(=O)COC(=O)c2ccc(O)cc2O)C1. The zero-order valence-corrected chi connectivity index (χ0v) is 12.8. The van der Waals surface area contributed by atoms with Crippen molar-refractivity contribution in [1.82, 2.24) is 4.90 Å². The number of carbonyl (C=O) groups excluding carboxylic acids is 2. The van der Waals surface area contributed by atoms with E-state index in [1.807, 2.05) is 0 Å². The zero-order chi connectivity index (χ0) is 16.3. The average molecular weight is 307 g/mol. The van der Waals surface area contributed by atoms with E-state index < -0.39 is 5.97 Å². The number of amides is 1. The van der Waals surface area contributed by atoms with Crippen LogP contribution in [0.25, 0.3) is 0 Å². The predicted octanol–water partition coefficient (Wildman–Crippen LogP) is 1.76. The van der Waals surface area contributed by atoms with Crippen LogP contribution in [0.2, 0.25) is 0 Å². The van der Waals surface area contributed by atoms with Crippen molar-refractivity contribution < 1.29 is 24.5 Å². The van der Waals surface area contributed by atoms with Gasteiger partial charge in [-0.25, -0.2) is 4.79 Å². The van der Waals surface area contributed by atoms with Crippen molar-refractivity contribution in [1.29, 1.82) is 0 Å². The number of likely N-dealkylation sites (tertiary alicyclic amines) is 1. The van der Waals surface area contributed by atoms with Crippen LogP contribution in [0.3, 0.4) is 0 Å². The highest BCUT2D eigenvalue weighted by Gasteiger charge is 2.26. The minimum absolute atomic E-state index is 0.0778. The second-order valence-electron chi connectivity index (χ2n) is 6.02. The van der Waals surface area contributed by atoms with Gasteiger partial charge in [0.15, 0.2) is 6.61 Å². The van der Waals surface area contributed by atoms with E-state index in [-0.39, 0.29) is 29.6 Å². The molecule has 0 aromatic heterocycles. The van der Waals surface area contributed by atoms with Gasteiger partial charge < -0.3 is 19.8 Å². The molecule has 6 nitrogen and oxygen atoms in total. The maximum absolute atomic E-state index is 12.1. The number of piperidine rings is 1. The summed E-state index contributed by atoms with van der Waals surface area (Å²) in [6, 6.07) is 3.57. The molecule has 0 spiro atoms. The Hall–Kier alpha value is -2.24. The van der Waals surface area contributed by atoms with E-state index in [0.29, 0.717) is 24.9 Å². The number of benzene rings is 1. The van der Waals surface area contributed by atoms with Crippen molar-refractivity contribution in [3.8, 4) is 11.5 Å². The number of rotatable bonds is 3. The molecule has 0 unspecified atom stereocenters. The van der Waals surface area contributed by atoms with Gasteiger partial charge in [-0.15, -0.1) is 0 Å². The maximum Gasteiger partial charge on any atom is 0.342 e. The third-order valence-electron chi connectivity index (χ3n) is 3.75. The Morgan fingerprint density at radius 2 is 1.86 bits per heavy atom. The Balaban J connectivity index is 1.91. The third kappa shape index (κ3) is 3.90. The molecule has 0 bridgehead atoms. The van der Waals surface area contributed by atoms with Crippen LogP contribution in [0.15, 0.2) is 18.2 Å². The van der Waals surface area contributed by atoms with E-state index in [4.69, 9.17) is 4.74 Å². The Labute approximate surface area is 129 Å². The summed E-state index contributed by atoms with van der Waals surface area (Å²) in [4.78, 5) is 25.7. The molecule has 1 fully saturated rings. The number of carbonyl (C=O) groups is 2. The number of aromatic hydroxyl groups is 2. The summed E-state index contributed by atoms with van der Waals surface area (Å²) in [5, 5.41) is 18.8. The minimum atomic E-state index is -0.788. The first-order chi connectivity index (χ1) is 10.4. The molecule has 0 radical (unpaired) electrons. The monoisotopic (exact) mass is 307 g/mol. The van der Waals surface area contributed by atoms with Crippen molar-refractivity contribution in [3.05, 3.63) is 23.8 Å². The molecule has 1 aromatic rings. The standard InChI is InChI=1S/C16H21NO5/c1-10-5-11(2)8-17(7-10)15(20)9-22-16(21)13-4-3-12(18)6-14(13)19/h3-4,6,10-11,18-19H,5,7-9H2,1-2H3/t10-,11-/m0/s1. The molecule has 1 aliphatic rings. The van der Waals surface area contributed by atoms with Crippen LogP contribution in [0.4, 0.5) is 0 Å². The van der Waals surface area contributed by atoms with Crippen molar-refractivity contribution in [2.75, 3.05) is 19.7 Å². The molecule has 6 heteroatoms. The summed E-state index contributed by atoms with van der Waals surface area (Å²) in [7, 11) is 0. The predicted molar refractivity (Wildman–Crippen MR) is 79.6 cm³/mol. The van der Waals surface area contributed by atoms with Crippen LogP contribution >= 0.6 is 0 Å². The summed E-state index contributed by atoms with van der Waals surface area (Å²) >= 11 is 0. The highest BCUT2D eigenvalue weighted by molar-refractivity contribution is 5.94.